The minimum Gasteiger partial charge on any atom is -0.395 e. The number of aliphatic hydroxyl groups is 1. The molecule has 0 aromatic heterocycles. The highest BCUT2D eigenvalue weighted by molar-refractivity contribution is 5.95. The molecule has 1 rings (SSSR count). The maximum Gasteiger partial charge on any atom is 0.255 e. The Kier molecular flexibility index (Phi) is 5.15. The van der Waals surface area contributed by atoms with Crippen LogP contribution in [-0.2, 0) is 0 Å². The summed E-state index contributed by atoms with van der Waals surface area (Å²) >= 11 is 0. The molecule has 0 spiro atoms. The van der Waals surface area contributed by atoms with E-state index in [-0.39, 0.29) is 12.1 Å². The second kappa shape index (κ2) is 6.39. The van der Waals surface area contributed by atoms with E-state index in [4.69, 9.17) is 5.11 Å². The lowest BCUT2D eigenvalue weighted by Gasteiger charge is -2.22. The van der Waals surface area contributed by atoms with Crippen molar-refractivity contribution >= 4 is 5.91 Å². The lowest BCUT2D eigenvalue weighted by Crippen LogP contribution is -2.37. The van der Waals surface area contributed by atoms with Crippen molar-refractivity contribution in [3.05, 3.63) is 35.1 Å². The zero-order chi connectivity index (χ0) is 13.7. The van der Waals surface area contributed by atoms with Crippen LogP contribution in [0.3, 0.4) is 0 Å². The molecule has 0 atom stereocenters. The van der Waals surface area contributed by atoms with Crippen LogP contribution in [0.4, 0.5) is 13.2 Å². The maximum atomic E-state index is 12.9. The average Bonchev–Trinajstić information content (AvgIpc) is 2.27. The quantitative estimate of drug-likeness (QED) is 0.878. The molecular formula is C12H14F3NO2. The lowest BCUT2D eigenvalue weighted by molar-refractivity contribution is 0.0508. The van der Waals surface area contributed by atoms with E-state index in [2.05, 4.69) is 0 Å². The zero-order valence-corrected chi connectivity index (χ0v) is 9.87. The zero-order valence-electron chi connectivity index (χ0n) is 9.87. The van der Waals surface area contributed by atoms with Crippen LogP contribution in [0.15, 0.2) is 18.2 Å². The molecule has 0 radical (unpaired) electrons. The van der Waals surface area contributed by atoms with Crippen LogP contribution in [-0.4, -0.2) is 42.0 Å². The molecule has 1 amide bonds. The highest BCUT2D eigenvalue weighted by Crippen LogP contribution is 2.13. The number of aryl methyl sites for hydroxylation is 1. The average molecular weight is 261 g/mol. The van der Waals surface area contributed by atoms with Crippen LogP contribution < -0.4 is 0 Å². The van der Waals surface area contributed by atoms with Gasteiger partial charge in [-0.15, -0.1) is 0 Å². The van der Waals surface area contributed by atoms with E-state index in [1.54, 1.807) is 0 Å². The van der Waals surface area contributed by atoms with Crippen molar-refractivity contribution in [2.24, 2.45) is 0 Å². The molecule has 0 heterocycles. The van der Waals surface area contributed by atoms with Gasteiger partial charge in [-0.05, 0) is 30.7 Å². The number of aliphatic hydroxyl groups excluding tert-OH is 1. The SMILES string of the molecule is Cc1cc(F)ccc1C(=O)N(CCO)CC(F)F. The van der Waals surface area contributed by atoms with Crippen molar-refractivity contribution in [3.63, 3.8) is 0 Å². The van der Waals surface area contributed by atoms with Gasteiger partial charge in [0.25, 0.3) is 12.3 Å². The van der Waals surface area contributed by atoms with Crippen LogP contribution in [0, 0.1) is 12.7 Å². The molecule has 18 heavy (non-hydrogen) atoms. The third kappa shape index (κ3) is 3.73. The molecule has 0 aliphatic carbocycles. The van der Waals surface area contributed by atoms with Gasteiger partial charge in [0.2, 0.25) is 0 Å². The van der Waals surface area contributed by atoms with Crippen LogP contribution >= 0.6 is 0 Å². The predicted molar refractivity (Wildman–Crippen MR) is 60.1 cm³/mol. The number of hydrogen-bond acceptors (Lipinski definition) is 2. The summed E-state index contributed by atoms with van der Waals surface area (Å²) < 4.78 is 37.5. The van der Waals surface area contributed by atoms with Crippen molar-refractivity contribution in [1.82, 2.24) is 4.90 Å². The van der Waals surface area contributed by atoms with E-state index in [0.717, 1.165) is 17.0 Å². The molecule has 3 nitrogen and oxygen atoms in total. The van der Waals surface area contributed by atoms with Gasteiger partial charge in [-0.1, -0.05) is 0 Å². The van der Waals surface area contributed by atoms with Gasteiger partial charge in [0, 0.05) is 12.1 Å². The Hall–Kier alpha value is -1.56. The van der Waals surface area contributed by atoms with Gasteiger partial charge in [-0.2, -0.15) is 0 Å². The van der Waals surface area contributed by atoms with Gasteiger partial charge in [0.15, 0.2) is 0 Å². The van der Waals surface area contributed by atoms with Crippen molar-refractivity contribution in [1.29, 1.82) is 0 Å². The second-order valence-corrected chi connectivity index (χ2v) is 3.83. The monoisotopic (exact) mass is 261 g/mol. The number of carbonyl (C=O) groups is 1. The molecule has 0 bridgehead atoms. The van der Waals surface area contributed by atoms with Crippen molar-refractivity contribution in [3.8, 4) is 0 Å². The van der Waals surface area contributed by atoms with E-state index in [9.17, 15) is 18.0 Å². The van der Waals surface area contributed by atoms with Crippen LogP contribution in [0.5, 0.6) is 0 Å². The number of nitrogens with zero attached hydrogens (tertiary/aromatic N) is 1. The number of hydrogen-bond donors (Lipinski definition) is 1. The minimum absolute atomic E-state index is 0.158. The number of alkyl halides is 2. The summed E-state index contributed by atoms with van der Waals surface area (Å²) in [6, 6.07) is 3.51. The number of rotatable bonds is 5. The van der Waals surface area contributed by atoms with Gasteiger partial charge in [0.1, 0.15) is 5.82 Å². The normalized spacial score (nSPS) is 10.8. The molecule has 1 aromatic rings. The molecule has 0 fully saturated rings. The first-order valence-electron chi connectivity index (χ1n) is 5.40. The summed E-state index contributed by atoms with van der Waals surface area (Å²) in [5, 5.41) is 8.76. The predicted octanol–water partition coefficient (Wildman–Crippen LogP) is 1.83. The maximum absolute atomic E-state index is 12.9. The number of amides is 1. The Morgan fingerprint density at radius 2 is 2.11 bits per heavy atom. The highest BCUT2D eigenvalue weighted by Gasteiger charge is 2.20. The summed E-state index contributed by atoms with van der Waals surface area (Å²) in [7, 11) is 0. The van der Waals surface area contributed by atoms with Gasteiger partial charge in [-0.3, -0.25) is 4.79 Å². The first kappa shape index (κ1) is 14.5. The van der Waals surface area contributed by atoms with Crippen molar-refractivity contribution < 1.29 is 23.1 Å². The largest absolute Gasteiger partial charge is 0.395 e. The van der Waals surface area contributed by atoms with Gasteiger partial charge < -0.3 is 10.0 Å². The van der Waals surface area contributed by atoms with Crippen molar-refractivity contribution in [2.75, 3.05) is 19.7 Å². The Labute approximate surface area is 103 Å². The van der Waals surface area contributed by atoms with Gasteiger partial charge in [-0.25, -0.2) is 13.2 Å². The molecule has 0 aliphatic heterocycles. The fourth-order valence-electron chi connectivity index (χ4n) is 1.60. The van der Waals surface area contributed by atoms with Gasteiger partial charge >= 0.3 is 0 Å². The Balaban J connectivity index is 2.94. The van der Waals surface area contributed by atoms with E-state index in [1.165, 1.54) is 13.0 Å². The van der Waals surface area contributed by atoms with Crippen LogP contribution in [0.2, 0.25) is 0 Å². The molecule has 100 valence electrons. The minimum atomic E-state index is -2.68. The summed E-state index contributed by atoms with van der Waals surface area (Å²) in [5.41, 5.74) is 0.530. The molecule has 0 aliphatic rings. The summed E-state index contributed by atoms with van der Waals surface area (Å²) in [6.45, 7) is 0.185. The first-order chi connectivity index (χ1) is 8.45. The Morgan fingerprint density at radius 3 is 2.61 bits per heavy atom. The third-order valence-electron chi connectivity index (χ3n) is 2.43. The molecule has 6 heteroatoms. The fourth-order valence-corrected chi connectivity index (χ4v) is 1.60. The standard InChI is InChI=1S/C12H14F3NO2/c1-8-6-9(13)2-3-10(8)12(18)16(4-5-17)7-11(14)15/h2-3,6,11,17H,4-5,7H2,1H3. The highest BCUT2D eigenvalue weighted by atomic mass is 19.3. The molecule has 1 N–H and O–H groups in total. The smallest absolute Gasteiger partial charge is 0.255 e. The van der Waals surface area contributed by atoms with Crippen LogP contribution in [0.1, 0.15) is 15.9 Å². The van der Waals surface area contributed by atoms with E-state index in [1.807, 2.05) is 0 Å². The fraction of sp³-hybridized carbons (Fsp3) is 0.417. The Bertz CT molecular complexity index is 424. The third-order valence-corrected chi connectivity index (χ3v) is 2.43. The number of benzene rings is 1. The van der Waals surface area contributed by atoms with Crippen molar-refractivity contribution in [2.45, 2.75) is 13.3 Å². The van der Waals surface area contributed by atoms with Gasteiger partial charge in [0.05, 0.1) is 13.2 Å². The lowest BCUT2D eigenvalue weighted by atomic mass is 10.1. The summed E-state index contributed by atoms with van der Waals surface area (Å²) in [6.07, 6.45) is -2.68. The van der Waals surface area contributed by atoms with E-state index in [0.29, 0.717) is 5.56 Å². The molecule has 0 saturated heterocycles. The number of halogens is 3. The molecule has 1 aromatic carbocycles. The molecule has 0 unspecified atom stereocenters. The van der Waals surface area contributed by atoms with E-state index < -0.39 is 31.3 Å². The summed E-state index contributed by atoms with van der Waals surface area (Å²) in [4.78, 5) is 12.8. The Morgan fingerprint density at radius 1 is 1.44 bits per heavy atom. The molecular weight excluding hydrogens is 247 g/mol. The topological polar surface area (TPSA) is 40.5 Å². The second-order valence-electron chi connectivity index (χ2n) is 3.83. The first-order valence-corrected chi connectivity index (χ1v) is 5.40. The molecule has 0 saturated carbocycles. The number of carbonyl (C=O) groups excluding carboxylic acids is 1. The van der Waals surface area contributed by atoms with E-state index >= 15 is 0 Å². The summed E-state index contributed by atoms with van der Waals surface area (Å²) in [5.74, 6) is -1.13. The van der Waals surface area contributed by atoms with Crippen LogP contribution in [0.25, 0.3) is 0 Å².